The van der Waals surface area contributed by atoms with E-state index in [1.807, 2.05) is 52.7 Å². The number of nitrogens with one attached hydrogen (secondary N) is 1. The first kappa shape index (κ1) is 19.6. The van der Waals surface area contributed by atoms with E-state index in [9.17, 15) is 4.39 Å². The molecule has 152 valence electrons. The molecule has 2 aromatic carbocycles. The summed E-state index contributed by atoms with van der Waals surface area (Å²) in [6.07, 6.45) is 0. The predicted octanol–water partition coefficient (Wildman–Crippen LogP) is 2.13. The van der Waals surface area contributed by atoms with Gasteiger partial charge in [-0.2, -0.15) is 4.68 Å². The predicted molar refractivity (Wildman–Crippen MR) is 113 cm³/mol. The second-order valence-corrected chi connectivity index (χ2v) is 7.60. The molecule has 0 atom stereocenters. The number of ether oxygens (including phenoxy) is 1. The quantitative estimate of drug-likeness (QED) is 0.650. The van der Waals surface area contributed by atoms with Crippen molar-refractivity contribution in [3.05, 3.63) is 59.1 Å². The van der Waals surface area contributed by atoms with Crippen LogP contribution in [0.25, 0.3) is 11.4 Å². The van der Waals surface area contributed by atoms with Gasteiger partial charge in [0.15, 0.2) is 12.5 Å². The first-order valence-electron chi connectivity index (χ1n) is 9.68. The van der Waals surface area contributed by atoms with E-state index in [4.69, 9.17) is 22.1 Å². The van der Waals surface area contributed by atoms with Crippen molar-refractivity contribution in [1.29, 1.82) is 0 Å². The number of para-hydroxylation sites is 1. The molecule has 0 spiro atoms. The van der Waals surface area contributed by atoms with Crippen LogP contribution in [0.15, 0.2) is 48.5 Å². The first-order chi connectivity index (χ1) is 14.1. The number of benzene rings is 2. The zero-order valence-electron chi connectivity index (χ0n) is 16.6. The Bertz CT molecular complexity index is 1040. The van der Waals surface area contributed by atoms with Gasteiger partial charge in [-0.15, -0.1) is 5.10 Å². The van der Waals surface area contributed by atoms with Crippen molar-refractivity contribution >= 4 is 17.9 Å². The van der Waals surface area contributed by atoms with Gasteiger partial charge in [0.1, 0.15) is 11.6 Å². The Kier molecular flexibility index (Phi) is 5.64. The summed E-state index contributed by atoms with van der Waals surface area (Å²) in [6.45, 7) is 4.50. The number of nitrogens with zero attached hydrogens (tertiary/aromatic N) is 4. The number of halogens is 1. The molecule has 0 saturated carbocycles. The second kappa shape index (κ2) is 8.34. The summed E-state index contributed by atoms with van der Waals surface area (Å²) in [5.74, 6) is 1.38. The Morgan fingerprint density at radius 1 is 1.10 bits per heavy atom. The van der Waals surface area contributed by atoms with Gasteiger partial charge in [0.05, 0.1) is 38.9 Å². The number of methoxy groups -OCH3 is 1. The van der Waals surface area contributed by atoms with Gasteiger partial charge in [0, 0.05) is 12.7 Å². The minimum atomic E-state index is -0.201. The van der Waals surface area contributed by atoms with Crippen LogP contribution in [0.3, 0.4) is 0 Å². The Hall–Kier alpha value is -2.71. The van der Waals surface area contributed by atoms with Crippen LogP contribution in [0.2, 0.25) is 0 Å². The number of anilines is 1. The topological polar surface area (TPSA) is 39.7 Å². The van der Waals surface area contributed by atoms with Crippen LogP contribution in [0.4, 0.5) is 10.1 Å². The second-order valence-electron chi connectivity index (χ2n) is 7.24. The molecular formula is C21H25FN5OS+. The minimum Gasteiger partial charge on any atom is -0.496 e. The number of aromatic nitrogens is 3. The largest absolute Gasteiger partial charge is 0.496 e. The lowest BCUT2D eigenvalue weighted by molar-refractivity contribution is -0.924. The van der Waals surface area contributed by atoms with Gasteiger partial charge in [-0.1, -0.05) is 12.1 Å². The SMILES string of the molecule is COc1ccccc1-c1nn(C[NH+]2CCN(c3ccc(F)cc3)CC2)c(=S)n1C. The van der Waals surface area contributed by atoms with Crippen molar-refractivity contribution in [2.24, 2.45) is 7.05 Å². The van der Waals surface area contributed by atoms with Crippen molar-refractivity contribution in [1.82, 2.24) is 14.3 Å². The van der Waals surface area contributed by atoms with E-state index in [2.05, 4.69) is 4.90 Å². The number of piperazine rings is 1. The molecule has 1 fully saturated rings. The van der Waals surface area contributed by atoms with Crippen LogP contribution in [0, 0.1) is 10.6 Å². The molecule has 1 aliphatic rings. The molecule has 29 heavy (non-hydrogen) atoms. The normalized spacial score (nSPS) is 14.9. The molecule has 4 rings (SSSR count). The molecule has 1 saturated heterocycles. The minimum absolute atomic E-state index is 0.201. The summed E-state index contributed by atoms with van der Waals surface area (Å²) in [4.78, 5) is 3.71. The molecule has 0 amide bonds. The molecule has 8 heteroatoms. The summed E-state index contributed by atoms with van der Waals surface area (Å²) >= 11 is 5.64. The summed E-state index contributed by atoms with van der Waals surface area (Å²) in [7, 11) is 3.60. The zero-order chi connectivity index (χ0) is 20.4. The molecule has 1 aliphatic heterocycles. The van der Waals surface area contributed by atoms with E-state index in [0.717, 1.165) is 55.7 Å². The van der Waals surface area contributed by atoms with Crippen LogP contribution >= 0.6 is 12.2 Å². The smallest absolute Gasteiger partial charge is 0.202 e. The highest BCUT2D eigenvalue weighted by Crippen LogP contribution is 2.27. The fourth-order valence-corrected chi connectivity index (χ4v) is 3.95. The fraction of sp³-hybridized carbons (Fsp3) is 0.333. The standard InChI is InChI=1S/C21H24FN5OS/c1-24-20(18-5-3-4-6-19(18)28-2)23-27(21(24)29)15-25-11-13-26(14-12-25)17-9-7-16(22)8-10-17/h3-10H,11-15H2,1-2H3/p+1. The highest BCUT2D eigenvalue weighted by Gasteiger charge is 2.22. The van der Waals surface area contributed by atoms with E-state index in [0.29, 0.717) is 4.77 Å². The third-order valence-electron chi connectivity index (χ3n) is 5.42. The van der Waals surface area contributed by atoms with Crippen molar-refractivity contribution < 1.29 is 14.0 Å². The maximum absolute atomic E-state index is 13.1. The third kappa shape index (κ3) is 4.04. The van der Waals surface area contributed by atoms with Gasteiger partial charge in [0.25, 0.3) is 0 Å². The van der Waals surface area contributed by atoms with Crippen molar-refractivity contribution in [2.75, 3.05) is 38.2 Å². The molecule has 0 bridgehead atoms. The van der Waals surface area contributed by atoms with E-state index in [1.165, 1.54) is 17.0 Å². The van der Waals surface area contributed by atoms with Gasteiger partial charge >= 0.3 is 0 Å². The highest BCUT2D eigenvalue weighted by molar-refractivity contribution is 7.71. The van der Waals surface area contributed by atoms with Crippen LogP contribution < -0.4 is 14.5 Å². The number of quaternary nitrogens is 1. The molecule has 1 aromatic heterocycles. The lowest BCUT2D eigenvalue weighted by Crippen LogP contribution is -3.14. The van der Waals surface area contributed by atoms with E-state index >= 15 is 0 Å². The van der Waals surface area contributed by atoms with Gasteiger partial charge in [-0.3, -0.25) is 0 Å². The molecule has 0 aliphatic carbocycles. The van der Waals surface area contributed by atoms with Gasteiger partial charge < -0.3 is 19.1 Å². The molecule has 2 heterocycles. The number of rotatable bonds is 5. The maximum Gasteiger partial charge on any atom is 0.202 e. The van der Waals surface area contributed by atoms with Gasteiger partial charge in [-0.05, 0) is 48.6 Å². The van der Waals surface area contributed by atoms with Crippen LogP contribution in [-0.2, 0) is 13.7 Å². The zero-order valence-corrected chi connectivity index (χ0v) is 17.5. The Labute approximate surface area is 174 Å². The first-order valence-corrected chi connectivity index (χ1v) is 10.1. The Morgan fingerprint density at radius 2 is 1.79 bits per heavy atom. The average Bonchev–Trinajstić information content (AvgIpc) is 3.03. The molecule has 1 N–H and O–H groups in total. The molecular weight excluding hydrogens is 389 g/mol. The van der Waals surface area contributed by atoms with Crippen LogP contribution in [0.1, 0.15) is 0 Å². The Balaban J connectivity index is 1.47. The van der Waals surface area contributed by atoms with E-state index in [-0.39, 0.29) is 5.82 Å². The van der Waals surface area contributed by atoms with Gasteiger partial charge in [-0.25, -0.2) is 4.39 Å². The van der Waals surface area contributed by atoms with E-state index in [1.54, 1.807) is 7.11 Å². The highest BCUT2D eigenvalue weighted by atomic mass is 32.1. The lowest BCUT2D eigenvalue weighted by atomic mass is 10.2. The van der Waals surface area contributed by atoms with E-state index < -0.39 is 0 Å². The molecule has 0 unspecified atom stereocenters. The Morgan fingerprint density at radius 3 is 2.48 bits per heavy atom. The fourth-order valence-electron chi connectivity index (χ4n) is 3.76. The van der Waals surface area contributed by atoms with Crippen LogP contribution in [0.5, 0.6) is 5.75 Å². The monoisotopic (exact) mass is 414 g/mol. The van der Waals surface area contributed by atoms with Crippen molar-refractivity contribution in [3.63, 3.8) is 0 Å². The van der Waals surface area contributed by atoms with Gasteiger partial charge in [0.2, 0.25) is 4.77 Å². The average molecular weight is 415 g/mol. The molecule has 0 radical (unpaired) electrons. The third-order valence-corrected chi connectivity index (χ3v) is 5.91. The summed E-state index contributed by atoms with van der Waals surface area (Å²) in [5, 5.41) is 4.79. The van der Waals surface area contributed by atoms with Crippen molar-refractivity contribution in [2.45, 2.75) is 6.67 Å². The summed E-state index contributed by atoms with van der Waals surface area (Å²) in [6, 6.07) is 14.6. The molecule has 3 aromatic rings. The summed E-state index contributed by atoms with van der Waals surface area (Å²) < 4.78 is 23.2. The number of hydrogen-bond acceptors (Lipinski definition) is 4. The molecule has 6 nitrogen and oxygen atoms in total. The number of hydrogen-bond donors (Lipinski definition) is 1. The van der Waals surface area contributed by atoms with Crippen LogP contribution in [-0.4, -0.2) is 47.6 Å². The maximum atomic E-state index is 13.1. The van der Waals surface area contributed by atoms with Crippen molar-refractivity contribution in [3.8, 4) is 17.1 Å². The summed E-state index contributed by atoms with van der Waals surface area (Å²) in [5.41, 5.74) is 2.00. The lowest BCUT2D eigenvalue weighted by Gasteiger charge is -2.33.